The first-order valence-electron chi connectivity index (χ1n) is 8.90. The van der Waals surface area contributed by atoms with E-state index in [0.29, 0.717) is 21.2 Å². The second kappa shape index (κ2) is 7.01. The lowest BCUT2D eigenvalue weighted by molar-refractivity contribution is -0.384. The largest absolute Gasteiger partial charge is 0.306 e. The van der Waals surface area contributed by atoms with Gasteiger partial charge in [-0.2, -0.15) is 9.78 Å². The van der Waals surface area contributed by atoms with Crippen molar-refractivity contribution in [2.24, 2.45) is 0 Å². The standard InChI is InChI=1S/C20H13N5O3S2/c1-11-8-18(24(23-11)20-21-14-4-2-3-5-16(14)30-20)22-19(26)17-10-12-9-13(25(27)28)6-7-15(12)29-17/h2-10H,1H3,(H,22,26). The zero-order valence-electron chi connectivity index (χ0n) is 15.5. The normalized spacial score (nSPS) is 11.2. The summed E-state index contributed by atoms with van der Waals surface area (Å²) in [5.41, 5.74) is 1.61. The Hall–Kier alpha value is -3.63. The number of nitro groups is 1. The van der Waals surface area contributed by atoms with Crippen molar-refractivity contribution in [2.45, 2.75) is 6.92 Å². The van der Waals surface area contributed by atoms with E-state index >= 15 is 0 Å². The maximum atomic E-state index is 12.9. The van der Waals surface area contributed by atoms with Crippen molar-refractivity contribution in [3.05, 3.63) is 75.3 Å². The summed E-state index contributed by atoms with van der Waals surface area (Å²) in [7, 11) is 0. The number of benzene rings is 2. The van der Waals surface area contributed by atoms with Crippen LogP contribution in [-0.4, -0.2) is 25.6 Å². The first-order chi connectivity index (χ1) is 14.5. The van der Waals surface area contributed by atoms with Gasteiger partial charge in [-0.05, 0) is 31.2 Å². The number of nitrogens with one attached hydrogen (secondary N) is 1. The third-order valence-electron chi connectivity index (χ3n) is 4.47. The minimum absolute atomic E-state index is 0.00297. The van der Waals surface area contributed by atoms with Gasteiger partial charge in [-0.15, -0.1) is 11.3 Å². The van der Waals surface area contributed by atoms with Gasteiger partial charge in [0.05, 0.1) is 25.7 Å². The van der Waals surface area contributed by atoms with Crippen molar-refractivity contribution in [1.29, 1.82) is 0 Å². The number of aromatic nitrogens is 3. The fourth-order valence-electron chi connectivity index (χ4n) is 3.12. The summed E-state index contributed by atoms with van der Waals surface area (Å²) in [5, 5.41) is 19.7. The molecule has 0 spiro atoms. The highest BCUT2D eigenvalue weighted by atomic mass is 32.1. The van der Waals surface area contributed by atoms with E-state index in [1.54, 1.807) is 22.9 Å². The maximum absolute atomic E-state index is 12.9. The third kappa shape index (κ3) is 3.21. The lowest BCUT2D eigenvalue weighted by atomic mass is 10.2. The zero-order chi connectivity index (χ0) is 20.8. The maximum Gasteiger partial charge on any atom is 0.270 e. The van der Waals surface area contributed by atoms with Gasteiger partial charge in [0.1, 0.15) is 5.82 Å². The van der Waals surface area contributed by atoms with E-state index in [0.717, 1.165) is 20.6 Å². The van der Waals surface area contributed by atoms with Gasteiger partial charge in [0.2, 0.25) is 5.13 Å². The van der Waals surface area contributed by atoms with E-state index < -0.39 is 4.92 Å². The van der Waals surface area contributed by atoms with Crippen molar-refractivity contribution >= 4 is 60.4 Å². The van der Waals surface area contributed by atoms with Crippen LogP contribution in [0.5, 0.6) is 0 Å². The molecule has 3 heterocycles. The zero-order valence-corrected chi connectivity index (χ0v) is 17.2. The average Bonchev–Trinajstić information content (AvgIpc) is 3.42. The third-order valence-corrected chi connectivity index (χ3v) is 6.60. The quantitative estimate of drug-likeness (QED) is 0.310. The van der Waals surface area contributed by atoms with Crippen molar-refractivity contribution in [1.82, 2.24) is 14.8 Å². The molecule has 1 amide bonds. The second-order valence-corrected chi connectivity index (χ2v) is 8.68. The number of aryl methyl sites for hydroxylation is 1. The SMILES string of the molecule is Cc1cc(NC(=O)c2cc3cc([N+](=O)[O-])ccc3s2)n(-c2nc3ccccc3s2)n1. The van der Waals surface area contributed by atoms with Crippen LogP contribution in [0, 0.1) is 17.0 Å². The number of non-ortho nitro benzene ring substituents is 1. The van der Waals surface area contributed by atoms with Gasteiger partial charge in [0.25, 0.3) is 11.6 Å². The molecule has 1 N–H and O–H groups in total. The van der Waals surface area contributed by atoms with Crippen LogP contribution in [0.25, 0.3) is 25.4 Å². The van der Waals surface area contributed by atoms with Crippen LogP contribution in [0.3, 0.4) is 0 Å². The predicted molar refractivity (Wildman–Crippen MR) is 118 cm³/mol. The molecule has 3 aromatic heterocycles. The number of amides is 1. The summed E-state index contributed by atoms with van der Waals surface area (Å²) in [6.07, 6.45) is 0. The van der Waals surface area contributed by atoms with Crippen LogP contribution in [0.2, 0.25) is 0 Å². The smallest absolute Gasteiger partial charge is 0.270 e. The molecule has 5 rings (SSSR count). The molecule has 0 aliphatic rings. The molecule has 0 bridgehead atoms. The molecule has 2 aromatic carbocycles. The van der Waals surface area contributed by atoms with E-state index in [1.807, 2.05) is 31.2 Å². The van der Waals surface area contributed by atoms with Gasteiger partial charge >= 0.3 is 0 Å². The van der Waals surface area contributed by atoms with Gasteiger partial charge in [-0.3, -0.25) is 14.9 Å². The Morgan fingerprint density at radius 3 is 2.73 bits per heavy atom. The molecule has 0 aliphatic carbocycles. The summed E-state index contributed by atoms with van der Waals surface area (Å²) < 4.78 is 3.46. The van der Waals surface area contributed by atoms with Crippen LogP contribution in [-0.2, 0) is 0 Å². The Morgan fingerprint density at radius 2 is 1.93 bits per heavy atom. The number of nitro benzene ring substituents is 1. The molecule has 30 heavy (non-hydrogen) atoms. The summed E-state index contributed by atoms with van der Waals surface area (Å²) in [6.45, 7) is 1.85. The minimum atomic E-state index is -0.448. The molecule has 0 unspecified atom stereocenters. The van der Waals surface area contributed by atoms with Crippen LogP contribution in [0.1, 0.15) is 15.4 Å². The molecule has 8 nitrogen and oxygen atoms in total. The molecule has 0 fully saturated rings. The average molecular weight is 435 g/mol. The Morgan fingerprint density at radius 1 is 1.10 bits per heavy atom. The molecule has 0 saturated heterocycles. The fourth-order valence-corrected chi connectivity index (χ4v) is 4.99. The van der Waals surface area contributed by atoms with Crippen LogP contribution >= 0.6 is 22.7 Å². The Balaban J connectivity index is 1.48. The summed E-state index contributed by atoms with van der Waals surface area (Å²) in [6, 6.07) is 15.8. The lowest BCUT2D eigenvalue weighted by Crippen LogP contribution is -2.13. The van der Waals surface area contributed by atoms with Gasteiger partial charge in [0.15, 0.2) is 0 Å². The second-order valence-electron chi connectivity index (χ2n) is 6.59. The highest BCUT2D eigenvalue weighted by Gasteiger charge is 2.18. The molecule has 0 saturated carbocycles. The fraction of sp³-hybridized carbons (Fsp3) is 0.0500. The molecular formula is C20H13N5O3S2. The number of hydrogen-bond acceptors (Lipinski definition) is 7. The number of fused-ring (bicyclic) bond motifs is 2. The number of thiophene rings is 1. The van der Waals surface area contributed by atoms with Gasteiger partial charge in [0, 0.05) is 28.3 Å². The Bertz CT molecular complexity index is 1420. The lowest BCUT2D eigenvalue weighted by Gasteiger charge is -2.05. The Kier molecular flexibility index (Phi) is 4.30. The van der Waals surface area contributed by atoms with Crippen LogP contribution < -0.4 is 5.32 Å². The number of rotatable bonds is 4. The number of hydrogen-bond donors (Lipinski definition) is 1. The van der Waals surface area contributed by atoms with Crippen LogP contribution in [0.15, 0.2) is 54.6 Å². The molecule has 0 radical (unpaired) electrons. The first kappa shape index (κ1) is 18.4. The predicted octanol–water partition coefficient (Wildman–Crippen LogP) is 5.17. The van der Waals surface area contributed by atoms with Crippen molar-refractivity contribution in [2.75, 3.05) is 5.32 Å². The molecule has 0 aliphatic heterocycles. The molecule has 5 aromatic rings. The molecule has 148 valence electrons. The van der Waals surface area contributed by atoms with Crippen molar-refractivity contribution < 1.29 is 9.72 Å². The number of para-hydroxylation sites is 1. The number of carbonyl (C=O) groups is 1. The number of nitrogens with zero attached hydrogens (tertiary/aromatic N) is 4. The van der Waals surface area contributed by atoms with Crippen LogP contribution in [0.4, 0.5) is 11.5 Å². The summed E-state index contributed by atoms with van der Waals surface area (Å²) >= 11 is 2.77. The minimum Gasteiger partial charge on any atom is -0.306 e. The highest BCUT2D eigenvalue weighted by Crippen LogP contribution is 2.31. The Labute approximate surface area is 177 Å². The van der Waals surface area contributed by atoms with Crippen molar-refractivity contribution in [3.8, 4) is 5.13 Å². The van der Waals surface area contributed by atoms with E-state index in [4.69, 9.17) is 0 Å². The van der Waals surface area contributed by atoms with Gasteiger partial charge < -0.3 is 5.32 Å². The first-order valence-corrected chi connectivity index (χ1v) is 10.5. The monoisotopic (exact) mass is 435 g/mol. The van der Waals surface area contributed by atoms with E-state index in [-0.39, 0.29) is 11.6 Å². The number of anilines is 1. The van der Waals surface area contributed by atoms with Gasteiger partial charge in [-0.25, -0.2) is 4.98 Å². The van der Waals surface area contributed by atoms with Gasteiger partial charge in [-0.1, -0.05) is 23.5 Å². The molecular weight excluding hydrogens is 422 g/mol. The number of carbonyl (C=O) groups excluding carboxylic acids is 1. The number of thiazole rings is 1. The summed E-state index contributed by atoms with van der Waals surface area (Å²) in [4.78, 5) is 28.5. The van der Waals surface area contributed by atoms with E-state index in [1.165, 1.54) is 34.8 Å². The topological polar surface area (TPSA) is 103 Å². The van der Waals surface area contributed by atoms with Crippen molar-refractivity contribution in [3.63, 3.8) is 0 Å². The molecule has 10 heteroatoms. The highest BCUT2D eigenvalue weighted by molar-refractivity contribution is 7.21. The summed E-state index contributed by atoms with van der Waals surface area (Å²) in [5.74, 6) is 0.209. The van der Waals surface area contributed by atoms with E-state index in [2.05, 4.69) is 15.4 Å². The van der Waals surface area contributed by atoms with E-state index in [9.17, 15) is 14.9 Å². The molecule has 0 atom stereocenters.